The molecule has 3 aliphatic carbocycles. The Balaban J connectivity index is 1.20. The highest BCUT2D eigenvalue weighted by Crippen LogP contribution is 2.59. The largest absolute Gasteiger partial charge is 0.481 e. The first kappa shape index (κ1) is 18.8. The third-order valence-corrected chi connectivity index (χ3v) is 7.71. The maximum atomic E-state index is 12.9. The Bertz CT molecular complexity index is 597. The molecule has 0 aromatic carbocycles. The number of hydrogen-bond acceptors (Lipinski definition) is 3. The number of amides is 2. The number of rotatable bonds is 4. The molecule has 2 amide bonds. The van der Waals surface area contributed by atoms with E-state index in [4.69, 9.17) is 0 Å². The number of likely N-dealkylation sites (tertiary alicyclic amines) is 1. The molecule has 4 aliphatic rings. The summed E-state index contributed by atoms with van der Waals surface area (Å²) in [5.74, 6) is -0.101. The second-order valence-corrected chi connectivity index (χ2v) is 9.32. The summed E-state index contributed by atoms with van der Waals surface area (Å²) in [6, 6.07) is 0.231. The predicted molar refractivity (Wildman–Crippen MR) is 99.8 cm³/mol. The number of carboxylic acid groups (broad SMARTS) is 1. The van der Waals surface area contributed by atoms with Gasteiger partial charge in [-0.1, -0.05) is 12.8 Å². The van der Waals surface area contributed by atoms with E-state index in [0.29, 0.717) is 13.1 Å². The third-order valence-electron chi connectivity index (χ3n) is 7.71. The van der Waals surface area contributed by atoms with Crippen LogP contribution in [0.25, 0.3) is 0 Å². The van der Waals surface area contributed by atoms with Crippen molar-refractivity contribution in [3.63, 3.8) is 0 Å². The van der Waals surface area contributed by atoms with Crippen LogP contribution in [0.4, 0.5) is 0 Å². The van der Waals surface area contributed by atoms with Gasteiger partial charge < -0.3 is 15.3 Å². The first-order valence-corrected chi connectivity index (χ1v) is 10.8. The lowest BCUT2D eigenvalue weighted by atomic mass is 9.83. The van der Waals surface area contributed by atoms with E-state index < -0.39 is 5.97 Å². The second kappa shape index (κ2) is 7.44. The summed E-state index contributed by atoms with van der Waals surface area (Å²) in [4.78, 5) is 38.3. The minimum Gasteiger partial charge on any atom is -0.481 e. The number of aliphatic carboxylic acids is 1. The van der Waals surface area contributed by atoms with E-state index in [9.17, 15) is 19.5 Å². The number of carbonyl (C=O) groups is 3. The SMILES string of the molecule is O=C(NC1CCC(C(=O)N2CCC3(CC2)CC3C(=O)O)CC1)C1CCCC1. The molecule has 1 saturated heterocycles. The standard InChI is InChI=1S/C21H32N2O4/c24-18(14-3-1-2-4-14)22-16-7-5-15(6-8-16)19(25)23-11-9-21(10-12-23)13-17(21)20(26)27/h14-17H,1-13H2,(H,22,24)(H,26,27). The molecule has 27 heavy (non-hydrogen) atoms. The van der Waals surface area contributed by atoms with Crippen molar-refractivity contribution in [1.82, 2.24) is 10.2 Å². The molecule has 3 saturated carbocycles. The Morgan fingerprint density at radius 3 is 2.07 bits per heavy atom. The molecule has 1 atom stereocenters. The van der Waals surface area contributed by atoms with Crippen molar-refractivity contribution < 1.29 is 19.5 Å². The first-order valence-electron chi connectivity index (χ1n) is 10.8. The van der Waals surface area contributed by atoms with Crippen molar-refractivity contribution >= 4 is 17.8 Å². The molecule has 150 valence electrons. The van der Waals surface area contributed by atoms with Crippen LogP contribution in [0.3, 0.4) is 0 Å². The number of piperidine rings is 1. The highest BCUT2D eigenvalue weighted by atomic mass is 16.4. The average molecular weight is 376 g/mol. The lowest BCUT2D eigenvalue weighted by Gasteiger charge is -2.37. The number of nitrogens with zero attached hydrogens (tertiary/aromatic N) is 1. The van der Waals surface area contributed by atoms with Gasteiger partial charge in [-0.3, -0.25) is 14.4 Å². The Kier molecular flexibility index (Phi) is 5.17. The summed E-state index contributed by atoms with van der Waals surface area (Å²) < 4.78 is 0. The second-order valence-electron chi connectivity index (χ2n) is 9.32. The summed E-state index contributed by atoms with van der Waals surface area (Å²) in [5, 5.41) is 12.4. The highest BCUT2D eigenvalue weighted by molar-refractivity contribution is 5.80. The molecular weight excluding hydrogens is 344 g/mol. The van der Waals surface area contributed by atoms with Gasteiger partial charge in [-0.15, -0.1) is 0 Å². The highest BCUT2D eigenvalue weighted by Gasteiger charge is 2.59. The molecule has 4 fully saturated rings. The Morgan fingerprint density at radius 2 is 1.52 bits per heavy atom. The fourth-order valence-corrected chi connectivity index (χ4v) is 5.67. The zero-order valence-corrected chi connectivity index (χ0v) is 16.1. The summed E-state index contributed by atoms with van der Waals surface area (Å²) in [5.41, 5.74) is -0.0230. The number of carboxylic acids is 1. The molecule has 1 heterocycles. The molecule has 4 rings (SSSR count). The van der Waals surface area contributed by atoms with Crippen LogP contribution < -0.4 is 5.32 Å². The molecule has 0 aromatic rings. The van der Waals surface area contributed by atoms with Gasteiger partial charge in [-0.2, -0.15) is 0 Å². The van der Waals surface area contributed by atoms with Gasteiger partial charge in [0.15, 0.2) is 0 Å². The zero-order valence-electron chi connectivity index (χ0n) is 16.1. The summed E-state index contributed by atoms with van der Waals surface area (Å²) in [7, 11) is 0. The smallest absolute Gasteiger partial charge is 0.307 e. The maximum absolute atomic E-state index is 12.9. The van der Waals surface area contributed by atoms with Crippen LogP contribution in [0.5, 0.6) is 0 Å². The van der Waals surface area contributed by atoms with Crippen LogP contribution in [0.1, 0.15) is 70.6 Å². The van der Waals surface area contributed by atoms with Crippen LogP contribution in [0, 0.1) is 23.2 Å². The van der Waals surface area contributed by atoms with E-state index >= 15 is 0 Å². The van der Waals surface area contributed by atoms with Gasteiger partial charge >= 0.3 is 5.97 Å². The molecule has 1 aliphatic heterocycles. The average Bonchev–Trinajstić information content (AvgIpc) is 3.11. The zero-order chi connectivity index (χ0) is 19.0. The van der Waals surface area contributed by atoms with Crippen molar-refractivity contribution in [2.75, 3.05) is 13.1 Å². The Labute approximate surface area is 161 Å². The van der Waals surface area contributed by atoms with Crippen LogP contribution in [-0.2, 0) is 14.4 Å². The van der Waals surface area contributed by atoms with Crippen LogP contribution >= 0.6 is 0 Å². The molecule has 6 heteroatoms. The number of carbonyl (C=O) groups excluding carboxylic acids is 2. The minimum atomic E-state index is -0.673. The van der Waals surface area contributed by atoms with Crippen LogP contribution in [0.2, 0.25) is 0 Å². The predicted octanol–water partition coefficient (Wildman–Crippen LogP) is 2.56. The molecular formula is C21H32N2O4. The molecule has 1 unspecified atom stereocenters. The molecule has 2 N–H and O–H groups in total. The maximum Gasteiger partial charge on any atom is 0.307 e. The summed E-state index contributed by atoms with van der Waals surface area (Å²) >= 11 is 0. The van der Waals surface area contributed by atoms with Crippen molar-refractivity contribution in [2.24, 2.45) is 23.2 Å². The minimum absolute atomic E-state index is 0.0230. The molecule has 0 aromatic heterocycles. The van der Waals surface area contributed by atoms with E-state index in [0.717, 1.165) is 57.8 Å². The number of nitrogens with one attached hydrogen (secondary N) is 1. The van der Waals surface area contributed by atoms with Gasteiger partial charge in [-0.05, 0) is 63.2 Å². The molecule has 1 spiro atoms. The first-order chi connectivity index (χ1) is 13.0. The van der Waals surface area contributed by atoms with E-state index in [1.54, 1.807) is 0 Å². The Hall–Kier alpha value is -1.59. The van der Waals surface area contributed by atoms with Crippen molar-refractivity contribution in [3.05, 3.63) is 0 Å². The third kappa shape index (κ3) is 3.85. The van der Waals surface area contributed by atoms with E-state index in [2.05, 4.69) is 5.32 Å². The van der Waals surface area contributed by atoms with Crippen molar-refractivity contribution in [1.29, 1.82) is 0 Å². The van der Waals surface area contributed by atoms with Crippen LogP contribution in [0.15, 0.2) is 0 Å². The van der Waals surface area contributed by atoms with Crippen LogP contribution in [-0.4, -0.2) is 46.9 Å². The van der Waals surface area contributed by atoms with E-state index in [1.807, 2.05) is 4.90 Å². The van der Waals surface area contributed by atoms with E-state index in [1.165, 1.54) is 12.8 Å². The summed E-state index contributed by atoms with van der Waals surface area (Å²) in [6.07, 6.45) is 10.4. The molecule has 0 bridgehead atoms. The van der Waals surface area contributed by atoms with E-state index in [-0.39, 0.29) is 41.0 Å². The lowest BCUT2D eigenvalue weighted by molar-refractivity contribution is -0.140. The molecule has 0 radical (unpaired) electrons. The fraction of sp³-hybridized carbons (Fsp3) is 0.857. The topological polar surface area (TPSA) is 86.7 Å². The lowest BCUT2D eigenvalue weighted by Crippen LogP contribution is -2.46. The van der Waals surface area contributed by atoms with Gasteiger partial charge in [0.05, 0.1) is 5.92 Å². The fourth-order valence-electron chi connectivity index (χ4n) is 5.67. The van der Waals surface area contributed by atoms with Gasteiger partial charge in [0.1, 0.15) is 0 Å². The van der Waals surface area contributed by atoms with Gasteiger partial charge in [0, 0.05) is 31.0 Å². The van der Waals surface area contributed by atoms with Gasteiger partial charge in [-0.25, -0.2) is 0 Å². The number of hydrogen-bond donors (Lipinski definition) is 2. The quantitative estimate of drug-likeness (QED) is 0.789. The van der Waals surface area contributed by atoms with Crippen molar-refractivity contribution in [3.8, 4) is 0 Å². The molecule has 6 nitrogen and oxygen atoms in total. The van der Waals surface area contributed by atoms with Gasteiger partial charge in [0.2, 0.25) is 11.8 Å². The normalized spacial score (nSPS) is 33.0. The summed E-state index contributed by atoms with van der Waals surface area (Å²) in [6.45, 7) is 1.42. The monoisotopic (exact) mass is 376 g/mol. The van der Waals surface area contributed by atoms with Gasteiger partial charge in [0.25, 0.3) is 0 Å². The van der Waals surface area contributed by atoms with Crippen molar-refractivity contribution in [2.45, 2.75) is 76.7 Å². The Morgan fingerprint density at radius 1 is 0.889 bits per heavy atom.